The molecule has 78 valence electrons. The summed E-state index contributed by atoms with van der Waals surface area (Å²) >= 11 is 0. The van der Waals surface area contributed by atoms with Crippen molar-refractivity contribution in [3.05, 3.63) is 12.4 Å². The third-order valence-corrected chi connectivity index (χ3v) is 2.12. The molecule has 1 aromatic rings. The largest absolute Gasteiger partial charge is 0.488 e. The minimum atomic E-state index is 0.156. The number of aryl methyl sites for hydroxylation is 1. The topological polar surface area (TPSA) is 48.3 Å². The molecule has 14 heavy (non-hydrogen) atoms. The second kappa shape index (κ2) is 4.43. The zero-order valence-electron chi connectivity index (χ0n) is 8.27. The Hall–Kier alpha value is -1.07. The molecule has 0 saturated carbocycles. The highest BCUT2D eigenvalue weighted by molar-refractivity contribution is 5.11. The van der Waals surface area contributed by atoms with Gasteiger partial charge in [-0.1, -0.05) is 0 Å². The van der Waals surface area contributed by atoms with Crippen LogP contribution in [0.25, 0.3) is 0 Å². The number of nitrogens with zero attached hydrogens (tertiary/aromatic N) is 2. The fourth-order valence-electron chi connectivity index (χ4n) is 1.39. The Kier molecular flexibility index (Phi) is 3.00. The van der Waals surface area contributed by atoms with Crippen LogP contribution in [0.2, 0.25) is 0 Å². The summed E-state index contributed by atoms with van der Waals surface area (Å²) in [7, 11) is 1.87. The predicted molar refractivity (Wildman–Crippen MR) is 51.3 cm³/mol. The summed E-state index contributed by atoms with van der Waals surface area (Å²) in [6, 6.07) is 0. The van der Waals surface area contributed by atoms with E-state index in [1.54, 1.807) is 10.9 Å². The normalized spacial score (nSPS) is 22.2. The Morgan fingerprint density at radius 1 is 1.79 bits per heavy atom. The lowest BCUT2D eigenvalue weighted by molar-refractivity contribution is 0.000181. The number of aromatic nitrogens is 2. The Morgan fingerprint density at radius 2 is 2.71 bits per heavy atom. The number of morpholine rings is 1. The standard InChI is InChI=1S/C9H15N3O2/c1-12-6-8(5-11-12)14-7-9-4-10-2-3-13-9/h5-6,9-10H,2-4,7H2,1H3. The van der Waals surface area contributed by atoms with Gasteiger partial charge in [0.2, 0.25) is 0 Å². The van der Waals surface area contributed by atoms with Gasteiger partial charge in [0.15, 0.2) is 5.75 Å². The van der Waals surface area contributed by atoms with E-state index in [0.29, 0.717) is 6.61 Å². The molecular weight excluding hydrogens is 182 g/mol. The number of hydrogen-bond donors (Lipinski definition) is 1. The van der Waals surface area contributed by atoms with E-state index < -0.39 is 0 Å². The SMILES string of the molecule is Cn1cc(OCC2CNCCO2)cn1. The Morgan fingerprint density at radius 3 is 3.36 bits per heavy atom. The van der Waals surface area contributed by atoms with Crippen LogP contribution in [0.5, 0.6) is 5.75 Å². The summed E-state index contributed by atoms with van der Waals surface area (Å²) in [5, 5.41) is 7.27. The molecule has 5 heteroatoms. The summed E-state index contributed by atoms with van der Waals surface area (Å²) in [5.74, 6) is 0.793. The number of rotatable bonds is 3. The van der Waals surface area contributed by atoms with Gasteiger partial charge in [0.1, 0.15) is 12.7 Å². The molecule has 1 fully saturated rings. The van der Waals surface area contributed by atoms with Crippen LogP contribution >= 0.6 is 0 Å². The van der Waals surface area contributed by atoms with Crippen LogP contribution in [-0.2, 0) is 11.8 Å². The fourth-order valence-corrected chi connectivity index (χ4v) is 1.39. The number of nitrogens with one attached hydrogen (secondary N) is 1. The van der Waals surface area contributed by atoms with E-state index in [4.69, 9.17) is 9.47 Å². The van der Waals surface area contributed by atoms with Gasteiger partial charge in [-0.2, -0.15) is 5.10 Å². The molecule has 2 rings (SSSR count). The van der Waals surface area contributed by atoms with Gasteiger partial charge < -0.3 is 14.8 Å². The average Bonchev–Trinajstić information content (AvgIpc) is 2.63. The maximum Gasteiger partial charge on any atom is 0.157 e. The molecule has 0 radical (unpaired) electrons. The van der Waals surface area contributed by atoms with Crippen LogP contribution in [0, 0.1) is 0 Å². The highest BCUT2D eigenvalue weighted by Gasteiger charge is 2.13. The van der Waals surface area contributed by atoms with E-state index in [0.717, 1.165) is 25.4 Å². The maximum atomic E-state index is 5.52. The Bertz CT molecular complexity index is 281. The molecule has 2 heterocycles. The smallest absolute Gasteiger partial charge is 0.157 e. The van der Waals surface area contributed by atoms with E-state index >= 15 is 0 Å². The average molecular weight is 197 g/mol. The first-order chi connectivity index (χ1) is 6.84. The van der Waals surface area contributed by atoms with Crippen LogP contribution in [0.15, 0.2) is 12.4 Å². The molecule has 1 aliphatic heterocycles. The van der Waals surface area contributed by atoms with Gasteiger partial charge in [0, 0.05) is 20.1 Å². The van der Waals surface area contributed by atoms with E-state index in [2.05, 4.69) is 10.4 Å². The van der Waals surface area contributed by atoms with Gasteiger partial charge in [0.25, 0.3) is 0 Å². The summed E-state index contributed by atoms with van der Waals surface area (Å²) in [5.41, 5.74) is 0. The molecule has 1 aliphatic rings. The predicted octanol–water partition coefficient (Wildman–Crippen LogP) is -0.213. The molecule has 0 amide bonds. The van der Waals surface area contributed by atoms with Gasteiger partial charge >= 0.3 is 0 Å². The Labute approximate surface area is 83.0 Å². The second-order valence-electron chi connectivity index (χ2n) is 3.36. The van der Waals surface area contributed by atoms with E-state index in [9.17, 15) is 0 Å². The van der Waals surface area contributed by atoms with E-state index in [1.165, 1.54) is 0 Å². The van der Waals surface area contributed by atoms with Gasteiger partial charge in [-0.3, -0.25) is 4.68 Å². The molecule has 0 aromatic carbocycles. The van der Waals surface area contributed by atoms with E-state index in [1.807, 2.05) is 13.2 Å². The highest BCUT2D eigenvalue weighted by atomic mass is 16.5. The first kappa shape index (κ1) is 9.48. The van der Waals surface area contributed by atoms with Gasteiger partial charge in [-0.15, -0.1) is 0 Å². The summed E-state index contributed by atoms with van der Waals surface area (Å²) < 4.78 is 12.7. The molecule has 1 atom stereocenters. The van der Waals surface area contributed by atoms with Crippen molar-refractivity contribution in [2.45, 2.75) is 6.10 Å². The number of hydrogen-bond acceptors (Lipinski definition) is 4. The van der Waals surface area contributed by atoms with Crippen LogP contribution in [0.4, 0.5) is 0 Å². The van der Waals surface area contributed by atoms with Crippen LogP contribution in [0.3, 0.4) is 0 Å². The van der Waals surface area contributed by atoms with Gasteiger partial charge in [-0.25, -0.2) is 0 Å². The fraction of sp³-hybridized carbons (Fsp3) is 0.667. The third kappa shape index (κ3) is 2.46. The molecular formula is C9H15N3O2. The zero-order chi connectivity index (χ0) is 9.80. The molecule has 1 unspecified atom stereocenters. The molecule has 1 N–H and O–H groups in total. The highest BCUT2D eigenvalue weighted by Crippen LogP contribution is 2.08. The first-order valence-electron chi connectivity index (χ1n) is 4.78. The molecule has 0 spiro atoms. The van der Waals surface area contributed by atoms with E-state index in [-0.39, 0.29) is 6.10 Å². The maximum absolute atomic E-state index is 5.52. The quantitative estimate of drug-likeness (QED) is 0.728. The van der Waals surface area contributed by atoms with Crippen molar-refractivity contribution in [1.82, 2.24) is 15.1 Å². The lowest BCUT2D eigenvalue weighted by Gasteiger charge is -2.23. The van der Waals surface area contributed by atoms with Crippen molar-refractivity contribution in [3.8, 4) is 5.75 Å². The molecule has 1 aromatic heterocycles. The van der Waals surface area contributed by atoms with Gasteiger partial charge in [-0.05, 0) is 0 Å². The summed E-state index contributed by atoms with van der Waals surface area (Å²) in [4.78, 5) is 0. The molecule has 0 bridgehead atoms. The molecule has 0 aliphatic carbocycles. The van der Waals surface area contributed by atoms with Crippen molar-refractivity contribution in [2.75, 3.05) is 26.3 Å². The van der Waals surface area contributed by atoms with Crippen LogP contribution in [0.1, 0.15) is 0 Å². The minimum absolute atomic E-state index is 0.156. The van der Waals surface area contributed by atoms with Gasteiger partial charge in [0.05, 0.1) is 19.0 Å². The second-order valence-corrected chi connectivity index (χ2v) is 3.36. The number of ether oxygens (including phenoxy) is 2. The third-order valence-electron chi connectivity index (χ3n) is 2.12. The monoisotopic (exact) mass is 197 g/mol. The summed E-state index contributed by atoms with van der Waals surface area (Å²) in [6.07, 6.45) is 3.70. The first-order valence-corrected chi connectivity index (χ1v) is 4.78. The van der Waals surface area contributed by atoms with Crippen molar-refractivity contribution in [3.63, 3.8) is 0 Å². The summed E-state index contributed by atoms with van der Waals surface area (Å²) in [6.45, 7) is 3.14. The zero-order valence-corrected chi connectivity index (χ0v) is 8.27. The van der Waals surface area contributed by atoms with Crippen LogP contribution in [-0.4, -0.2) is 42.2 Å². The lowest BCUT2D eigenvalue weighted by atomic mass is 10.3. The van der Waals surface area contributed by atoms with Crippen molar-refractivity contribution in [2.24, 2.45) is 7.05 Å². The van der Waals surface area contributed by atoms with Crippen molar-refractivity contribution < 1.29 is 9.47 Å². The van der Waals surface area contributed by atoms with Crippen molar-refractivity contribution >= 4 is 0 Å². The van der Waals surface area contributed by atoms with Crippen LogP contribution < -0.4 is 10.1 Å². The minimum Gasteiger partial charge on any atom is -0.488 e. The molecule has 5 nitrogen and oxygen atoms in total. The molecule has 1 saturated heterocycles. The van der Waals surface area contributed by atoms with Crippen molar-refractivity contribution in [1.29, 1.82) is 0 Å². The Balaban J connectivity index is 1.76. The lowest BCUT2D eigenvalue weighted by Crippen LogP contribution is -2.41.